The van der Waals surface area contributed by atoms with Crippen LogP contribution < -0.4 is 5.32 Å². The van der Waals surface area contributed by atoms with E-state index in [1.807, 2.05) is 18.2 Å². The summed E-state index contributed by atoms with van der Waals surface area (Å²) in [6, 6.07) is 10.1. The van der Waals surface area contributed by atoms with Crippen molar-refractivity contribution in [2.24, 2.45) is 11.8 Å². The number of amides is 1. The number of fused-ring (bicyclic) bond motifs is 1. The molecule has 1 heterocycles. The number of methoxy groups -OCH3 is 1. The zero-order valence-electron chi connectivity index (χ0n) is 15.1. The number of ether oxygens (including phenoxy) is 1. The van der Waals surface area contributed by atoms with Gasteiger partial charge in [0, 0.05) is 10.8 Å². The topological polar surface area (TPSA) is 55.4 Å². The van der Waals surface area contributed by atoms with Crippen molar-refractivity contribution in [1.29, 1.82) is 0 Å². The summed E-state index contributed by atoms with van der Waals surface area (Å²) in [5.41, 5.74) is 2.86. The molecule has 4 nitrogen and oxygen atoms in total. The van der Waals surface area contributed by atoms with Gasteiger partial charge in [-0.15, -0.1) is 11.3 Å². The van der Waals surface area contributed by atoms with Gasteiger partial charge in [-0.3, -0.25) is 4.79 Å². The number of anilines is 1. The Labute approximate surface area is 157 Å². The average molecular weight is 369 g/mol. The number of esters is 1. The number of thiophene rings is 1. The molecule has 2 aliphatic rings. The predicted octanol–water partition coefficient (Wildman–Crippen LogP) is 4.40. The lowest BCUT2D eigenvalue weighted by atomic mass is 9.88. The maximum Gasteiger partial charge on any atom is 0.341 e. The highest BCUT2D eigenvalue weighted by molar-refractivity contribution is 7.17. The lowest BCUT2D eigenvalue weighted by molar-refractivity contribution is -0.117. The molecule has 0 unspecified atom stereocenters. The van der Waals surface area contributed by atoms with Crippen molar-refractivity contribution in [1.82, 2.24) is 0 Å². The van der Waals surface area contributed by atoms with Crippen LogP contribution in [-0.4, -0.2) is 19.0 Å². The first-order valence-electron chi connectivity index (χ1n) is 9.17. The van der Waals surface area contributed by atoms with Crippen LogP contribution in [-0.2, 0) is 22.4 Å². The van der Waals surface area contributed by atoms with E-state index in [9.17, 15) is 9.59 Å². The van der Waals surface area contributed by atoms with E-state index in [2.05, 4.69) is 24.4 Å². The van der Waals surface area contributed by atoms with Crippen molar-refractivity contribution >= 4 is 28.2 Å². The van der Waals surface area contributed by atoms with Crippen LogP contribution in [0.15, 0.2) is 30.3 Å². The van der Waals surface area contributed by atoms with Gasteiger partial charge in [-0.25, -0.2) is 4.79 Å². The standard InChI is InChI=1S/C21H23NO3S/c1-12-8-9-14-17(10-12)26-20(18(14)21(24)25-2)22-19(23)16-11-15(16)13-6-4-3-5-7-13/h3-7,12,15-16H,8-11H2,1-2H3,(H,22,23)/t12-,15+,16+/m0/s1. The first-order chi connectivity index (χ1) is 12.6. The maximum absolute atomic E-state index is 12.7. The molecule has 1 amide bonds. The molecule has 0 radical (unpaired) electrons. The number of carbonyl (C=O) groups is 2. The van der Waals surface area contributed by atoms with E-state index in [1.165, 1.54) is 17.6 Å². The van der Waals surface area contributed by atoms with Crippen LogP contribution >= 0.6 is 11.3 Å². The van der Waals surface area contributed by atoms with E-state index in [0.29, 0.717) is 16.5 Å². The van der Waals surface area contributed by atoms with Gasteiger partial charge in [0.15, 0.2) is 0 Å². The first kappa shape index (κ1) is 17.3. The van der Waals surface area contributed by atoms with Crippen molar-refractivity contribution < 1.29 is 14.3 Å². The minimum atomic E-state index is -0.345. The zero-order valence-corrected chi connectivity index (χ0v) is 15.9. The Morgan fingerprint density at radius 3 is 2.73 bits per heavy atom. The number of benzene rings is 1. The van der Waals surface area contributed by atoms with Crippen molar-refractivity contribution in [3.8, 4) is 0 Å². The van der Waals surface area contributed by atoms with Crippen LogP contribution in [0.2, 0.25) is 0 Å². The van der Waals surface area contributed by atoms with E-state index in [-0.39, 0.29) is 23.7 Å². The van der Waals surface area contributed by atoms with E-state index in [4.69, 9.17) is 4.74 Å². The van der Waals surface area contributed by atoms with Gasteiger partial charge in [-0.05, 0) is 48.6 Å². The third-order valence-corrected chi connectivity index (χ3v) is 6.66. The second-order valence-electron chi connectivity index (χ2n) is 7.40. The van der Waals surface area contributed by atoms with E-state index in [0.717, 1.165) is 31.2 Å². The van der Waals surface area contributed by atoms with Crippen LogP contribution in [0.25, 0.3) is 0 Å². The maximum atomic E-state index is 12.7. The molecular weight excluding hydrogens is 346 g/mol. The number of hydrogen-bond acceptors (Lipinski definition) is 4. The lowest BCUT2D eigenvalue weighted by Gasteiger charge is -2.18. The van der Waals surface area contributed by atoms with Crippen molar-refractivity contribution in [3.63, 3.8) is 0 Å². The van der Waals surface area contributed by atoms with Gasteiger partial charge < -0.3 is 10.1 Å². The lowest BCUT2D eigenvalue weighted by Crippen LogP contribution is -2.17. The molecule has 0 bridgehead atoms. The summed E-state index contributed by atoms with van der Waals surface area (Å²) in [4.78, 5) is 26.3. The highest BCUT2D eigenvalue weighted by atomic mass is 32.1. The van der Waals surface area contributed by atoms with Crippen LogP contribution in [0.4, 0.5) is 5.00 Å². The predicted molar refractivity (Wildman–Crippen MR) is 103 cm³/mol. The minimum Gasteiger partial charge on any atom is -0.465 e. The van der Waals surface area contributed by atoms with Gasteiger partial charge in [-0.2, -0.15) is 0 Å². The van der Waals surface area contributed by atoms with E-state index in [1.54, 1.807) is 11.3 Å². The minimum absolute atomic E-state index is 0.00986. The Balaban J connectivity index is 1.55. The number of rotatable bonds is 4. The number of nitrogens with one attached hydrogen (secondary N) is 1. The second-order valence-corrected chi connectivity index (χ2v) is 8.50. The molecule has 0 aliphatic heterocycles. The van der Waals surface area contributed by atoms with Crippen LogP contribution in [0.1, 0.15) is 52.0 Å². The zero-order chi connectivity index (χ0) is 18.3. The summed E-state index contributed by atoms with van der Waals surface area (Å²) in [5.74, 6) is 0.549. The molecule has 0 spiro atoms. The Kier molecular flexibility index (Phi) is 4.57. The molecular formula is C21H23NO3S. The molecule has 2 aromatic rings. The molecule has 1 aromatic carbocycles. The first-order valence-corrected chi connectivity index (χ1v) is 9.98. The quantitative estimate of drug-likeness (QED) is 0.813. The molecule has 136 valence electrons. The molecule has 2 aliphatic carbocycles. The molecule has 4 rings (SSSR count). The molecule has 1 saturated carbocycles. The van der Waals surface area contributed by atoms with Crippen LogP contribution in [0.3, 0.4) is 0 Å². The summed E-state index contributed by atoms with van der Waals surface area (Å²) in [5, 5.41) is 3.70. The normalized spacial score (nSPS) is 23.8. The third kappa shape index (κ3) is 3.16. The Morgan fingerprint density at radius 1 is 1.23 bits per heavy atom. The summed E-state index contributed by atoms with van der Waals surface area (Å²) in [7, 11) is 1.40. The van der Waals surface area contributed by atoms with Crippen LogP contribution in [0, 0.1) is 11.8 Å². The fourth-order valence-electron chi connectivity index (χ4n) is 3.91. The van der Waals surface area contributed by atoms with Gasteiger partial charge in [0.05, 0.1) is 12.7 Å². The Morgan fingerprint density at radius 2 is 2.00 bits per heavy atom. The summed E-state index contributed by atoms with van der Waals surface area (Å²) >= 11 is 1.55. The van der Waals surface area contributed by atoms with Gasteiger partial charge in [0.25, 0.3) is 0 Å². The van der Waals surface area contributed by atoms with Gasteiger partial charge in [0.2, 0.25) is 5.91 Å². The van der Waals surface area contributed by atoms with Crippen molar-refractivity contribution in [3.05, 3.63) is 51.9 Å². The van der Waals surface area contributed by atoms with E-state index < -0.39 is 0 Å². The molecule has 3 atom stereocenters. The SMILES string of the molecule is COC(=O)c1c(NC(=O)[C@@H]2C[C@@H]2c2ccccc2)sc2c1CC[C@H](C)C2. The Hall–Kier alpha value is -2.14. The average Bonchev–Trinajstić information content (AvgIpc) is 3.38. The molecule has 26 heavy (non-hydrogen) atoms. The van der Waals surface area contributed by atoms with E-state index >= 15 is 0 Å². The third-order valence-electron chi connectivity index (χ3n) is 5.49. The van der Waals surface area contributed by atoms with Crippen LogP contribution in [0.5, 0.6) is 0 Å². The molecule has 0 saturated heterocycles. The van der Waals surface area contributed by atoms with Gasteiger partial charge in [-0.1, -0.05) is 37.3 Å². The highest BCUT2D eigenvalue weighted by Crippen LogP contribution is 2.48. The second kappa shape index (κ2) is 6.88. The summed E-state index contributed by atoms with van der Waals surface area (Å²) in [6.07, 6.45) is 3.78. The van der Waals surface area contributed by atoms with Gasteiger partial charge in [0.1, 0.15) is 5.00 Å². The fourth-order valence-corrected chi connectivity index (χ4v) is 5.32. The summed E-state index contributed by atoms with van der Waals surface area (Å²) in [6.45, 7) is 2.23. The smallest absolute Gasteiger partial charge is 0.341 e. The molecule has 5 heteroatoms. The molecule has 1 fully saturated rings. The van der Waals surface area contributed by atoms with Gasteiger partial charge >= 0.3 is 5.97 Å². The number of hydrogen-bond donors (Lipinski definition) is 1. The fraction of sp³-hybridized carbons (Fsp3) is 0.429. The molecule has 1 N–H and O–H groups in total. The van der Waals surface area contributed by atoms with Crippen molar-refractivity contribution in [2.45, 2.75) is 38.5 Å². The number of carbonyl (C=O) groups excluding carboxylic acids is 2. The van der Waals surface area contributed by atoms with Crippen molar-refractivity contribution in [2.75, 3.05) is 12.4 Å². The largest absolute Gasteiger partial charge is 0.465 e. The monoisotopic (exact) mass is 369 g/mol. The Bertz CT molecular complexity index is 842. The highest BCUT2D eigenvalue weighted by Gasteiger charge is 2.44. The summed E-state index contributed by atoms with van der Waals surface area (Å²) < 4.78 is 4.99. The molecule has 1 aromatic heterocycles.